The lowest BCUT2D eigenvalue weighted by Crippen LogP contribution is -2.45. The van der Waals surface area contributed by atoms with Crippen molar-refractivity contribution < 1.29 is 19.8 Å². The highest BCUT2D eigenvalue weighted by atomic mass is 16.4. The number of aliphatic carboxylic acids is 1. The van der Waals surface area contributed by atoms with E-state index in [1.165, 1.54) is 0 Å². The van der Waals surface area contributed by atoms with Gasteiger partial charge in [-0.05, 0) is 32.1 Å². The molecule has 6 heteroatoms. The van der Waals surface area contributed by atoms with Crippen molar-refractivity contribution in [3.05, 3.63) is 0 Å². The van der Waals surface area contributed by atoms with Crippen LogP contribution in [0.1, 0.15) is 33.1 Å². The second-order valence-corrected chi connectivity index (χ2v) is 5.49. The molecule has 1 fully saturated rings. The summed E-state index contributed by atoms with van der Waals surface area (Å²) in [7, 11) is 0. The summed E-state index contributed by atoms with van der Waals surface area (Å²) in [5.41, 5.74) is -0.917. The summed E-state index contributed by atoms with van der Waals surface area (Å²) < 4.78 is 0. The number of carboxylic acids is 1. The Hall–Kier alpha value is -1.30. The molecule has 1 saturated heterocycles. The number of aliphatic hydroxyl groups excluding tert-OH is 1. The molecule has 1 rings (SSSR count). The van der Waals surface area contributed by atoms with Gasteiger partial charge in [0.25, 0.3) is 0 Å². The first-order valence-electron chi connectivity index (χ1n) is 6.80. The Bertz CT molecular complexity index is 335. The number of nitrogens with zero attached hydrogens (tertiary/aromatic N) is 1. The zero-order chi connectivity index (χ0) is 14.5. The zero-order valence-corrected chi connectivity index (χ0v) is 11.7. The van der Waals surface area contributed by atoms with E-state index in [4.69, 9.17) is 10.2 Å². The number of hydrogen-bond acceptors (Lipinski definition) is 3. The number of carbonyl (C=O) groups excluding carboxylic acids is 1. The fourth-order valence-electron chi connectivity index (χ4n) is 2.17. The van der Waals surface area contributed by atoms with Crippen LogP contribution in [0.2, 0.25) is 0 Å². The average Bonchev–Trinajstić information content (AvgIpc) is 2.84. The fraction of sp³-hybridized carbons (Fsp3) is 0.846. The summed E-state index contributed by atoms with van der Waals surface area (Å²) in [6, 6.07) is -0.207. The first-order chi connectivity index (χ1) is 8.92. The maximum absolute atomic E-state index is 11.9. The monoisotopic (exact) mass is 272 g/mol. The molecule has 0 bridgehead atoms. The Morgan fingerprint density at radius 2 is 2.16 bits per heavy atom. The van der Waals surface area contributed by atoms with Crippen molar-refractivity contribution in [3.63, 3.8) is 0 Å². The predicted octanol–water partition coefficient (Wildman–Crippen LogP) is 0.901. The summed E-state index contributed by atoms with van der Waals surface area (Å²) in [6.45, 7) is 5.03. The second kappa shape index (κ2) is 6.75. The van der Waals surface area contributed by atoms with Gasteiger partial charge in [0.1, 0.15) is 0 Å². The Kier molecular flexibility index (Phi) is 5.60. The Balaban J connectivity index is 2.42. The lowest BCUT2D eigenvalue weighted by Gasteiger charge is -2.25. The zero-order valence-electron chi connectivity index (χ0n) is 11.7. The van der Waals surface area contributed by atoms with Gasteiger partial charge in [-0.2, -0.15) is 0 Å². The van der Waals surface area contributed by atoms with Gasteiger partial charge in [-0.25, -0.2) is 4.79 Å². The first kappa shape index (κ1) is 15.8. The maximum Gasteiger partial charge on any atom is 0.317 e. The van der Waals surface area contributed by atoms with E-state index in [0.717, 1.165) is 6.42 Å². The predicted molar refractivity (Wildman–Crippen MR) is 70.8 cm³/mol. The quantitative estimate of drug-likeness (QED) is 0.670. The SMILES string of the molecule is CCC(C)(CNC(=O)N1CCC(CCO)C1)C(=O)O. The van der Waals surface area contributed by atoms with Crippen molar-refractivity contribution in [1.29, 1.82) is 0 Å². The number of aliphatic hydroxyl groups is 1. The highest BCUT2D eigenvalue weighted by Gasteiger charge is 2.33. The maximum atomic E-state index is 11.9. The van der Waals surface area contributed by atoms with Crippen molar-refractivity contribution in [1.82, 2.24) is 10.2 Å². The third-order valence-corrected chi connectivity index (χ3v) is 4.04. The normalized spacial score (nSPS) is 22.1. The molecule has 2 atom stereocenters. The Morgan fingerprint density at radius 1 is 1.47 bits per heavy atom. The third kappa shape index (κ3) is 4.09. The number of hydrogen-bond donors (Lipinski definition) is 3. The molecule has 0 radical (unpaired) electrons. The minimum atomic E-state index is -0.917. The van der Waals surface area contributed by atoms with E-state index < -0.39 is 11.4 Å². The van der Waals surface area contributed by atoms with E-state index in [-0.39, 0.29) is 19.2 Å². The molecule has 110 valence electrons. The molecule has 3 N–H and O–H groups in total. The average molecular weight is 272 g/mol. The van der Waals surface area contributed by atoms with Gasteiger partial charge in [-0.15, -0.1) is 0 Å². The van der Waals surface area contributed by atoms with Crippen LogP contribution in [0, 0.1) is 11.3 Å². The van der Waals surface area contributed by atoms with Gasteiger partial charge >= 0.3 is 12.0 Å². The molecule has 0 saturated carbocycles. The number of rotatable bonds is 6. The van der Waals surface area contributed by atoms with Crippen LogP contribution in [-0.2, 0) is 4.79 Å². The fourth-order valence-corrected chi connectivity index (χ4v) is 2.17. The number of carboxylic acid groups (broad SMARTS) is 1. The number of likely N-dealkylation sites (tertiary alicyclic amines) is 1. The minimum absolute atomic E-state index is 0.138. The van der Waals surface area contributed by atoms with Crippen LogP contribution in [0.15, 0.2) is 0 Å². The molecule has 0 spiro atoms. The van der Waals surface area contributed by atoms with E-state index in [1.54, 1.807) is 18.7 Å². The van der Waals surface area contributed by atoms with Crippen LogP contribution in [0.3, 0.4) is 0 Å². The number of carbonyl (C=O) groups is 2. The molecule has 0 aromatic rings. The van der Waals surface area contributed by atoms with Crippen molar-refractivity contribution in [2.24, 2.45) is 11.3 Å². The number of urea groups is 1. The third-order valence-electron chi connectivity index (χ3n) is 4.04. The van der Waals surface area contributed by atoms with Crippen LogP contribution in [0.4, 0.5) is 4.79 Å². The molecule has 2 unspecified atom stereocenters. The topological polar surface area (TPSA) is 89.9 Å². The summed E-state index contributed by atoms with van der Waals surface area (Å²) in [4.78, 5) is 24.8. The largest absolute Gasteiger partial charge is 0.481 e. The van der Waals surface area contributed by atoms with Gasteiger partial charge in [0.05, 0.1) is 5.41 Å². The molecule has 1 aliphatic heterocycles. The van der Waals surface area contributed by atoms with E-state index >= 15 is 0 Å². The first-order valence-corrected chi connectivity index (χ1v) is 6.80. The summed E-state index contributed by atoms with van der Waals surface area (Å²) in [5, 5.41) is 20.7. The molecule has 0 aliphatic carbocycles. The molecule has 1 heterocycles. The molecule has 19 heavy (non-hydrogen) atoms. The summed E-state index contributed by atoms with van der Waals surface area (Å²) >= 11 is 0. The van der Waals surface area contributed by atoms with Gasteiger partial charge in [0, 0.05) is 26.2 Å². The standard InChI is InChI=1S/C13H24N2O4/c1-3-13(2,11(17)18)9-14-12(19)15-6-4-10(8-15)5-7-16/h10,16H,3-9H2,1-2H3,(H,14,19)(H,17,18). The molecule has 0 aromatic heterocycles. The highest BCUT2D eigenvalue weighted by Crippen LogP contribution is 2.21. The second-order valence-electron chi connectivity index (χ2n) is 5.49. The molecular weight excluding hydrogens is 248 g/mol. The van der Waals surface area contributed by atoms with Gasteiger partial charge in [-0.1, -0.05) is 6.92 Å². The van der Waals surface area contributed by atoms with Crippen molar-refractivity contribution in [2.75, 3.05) is 26.2 Å². The van der Waals surface area contributed by atoms with Crippen LogP contribution in [-0.4, -0.2) is 53.4 Å². The van der Waals surface area contributed by atoms with Gasteiger partial charge in [0.2, 0.25) is 0 Å². The number of amides is 2. The summed E-state index contributed by atoms with van der Waals surface area (Å²) in [5.74, 6) is -0.539. The lowest BCUT2D eigenvalue weighted by atomic mass is 9.88. The molecule has 2 amide bonds. The lowest BCUT2D eigenvalue weighted by molar-refractivity contribution is -0.147. The van der Waals surface area contributed by atoms with Gasteiger partial charge in [0.15, 0.2) is 0 Å². The van der Waals surface area contributed by atoms with E-state index in [2.05, 4.69) is 5.32 Å². The smallest absolute Gasteiger partial charge is 0.317 e. The van der Waals surface area contributed by atoms with Crippen molar-refractivity contribution in [2.45, 2.75) is 33.1 Å². The van der Waals surface area contributed by atoms with Crippen molar-refractivity contribution in [3.8, 4) is 0 Å². The molecule has 0 aromatic carbocycles. The molecular formula is C13H24N2O4. The Morgan fingerprint density at radius 3 is 2.68 bits per heavy atom. The minimum Gasteiger partial charge on any atom is -0.481 e. The van der Waals surface area contributed by atoms with E-state index in [1.807, 2.05) is 0 Å². The van der Waals surface area contributed by atoms with E-state index in [0.29, 0.717) is 31.8 Å². The molecule has 1 aliphatic rings. The summed E-state index contributed by atoms with van der Waals surface area (Å²) in [6.07, 6.45) is 2.08. The number of nitrogens with one attached hydrogen (secondary N) is 1. The van der Waals surface area contributed by atoms with Gasteiger partial charge in [-0.3, -0.25) is 4.79 Å². The van der Waals surface area contributed by atoms with Crippen molar-refractivity contribution >= 4 is 12.0 Å². The highest BCUT2D eigenvalue weighted by molar-refractivity contribution is 5.78. The van der Waals surface area contributed by atoms with Crippen LogP contribution in [0.5, 0.6) is 0 Å². The molecule has 6 nitrogen and oxygen atoms in total. The van der Waals surface area contributed by atoms with Crippen LogP contribution < -0.4 is 5.32 Å². The van der Waals surface area contributed by atoms with Gasteiger partial charge < -0.3 is 20.4 Å². The van der Waals surface area contributed by atoms with E-state index in [9.17, 15) is 9.59 Å². The van der Waals surface area contributed by atoms with Crippen LogP contribution in [0.25, 0.3) is 0 Å². The van der Waals surface area contributed by atoms with Crippen LogP contribution >= 0.6 is 0 Å². The Labute approximate surface area is 113 Å².